The van der Waals surface area contributed by atoms with Crippen LogP contribution in [-0.4, -0.2) is 19.1 Å². The molecule has 0 radical (unpaired) electrons. The molecule has 0 aliphatic heterocycles. The molecule has 0 atom stereocenters. The van der Waals surface area contributed by atoms with Gasteiger partial charge in [-0.1, -0.05) is 18.7 Å². The Labute approximate surface area is 186 Å². The van der Waals surface area contributed by atoms with Gasteiger partial charge in [0.2, 0.25) is 0 Å². The number of nitriles is 1. The van der Waals surface area contributed by atoms with Gasteiger partial charge in [-0.2, -0.15) is 5.26 Å². The van der Waals surface area contributed by atoms with E-state index in [0.717, 1.165) is 8.04 Å². The van der Waals surface area contributed by atoms with Crippen molar-refractivity contribution in [3.63, 3.8) is 0 Å². The summed E-state index contributed by atoms with van der Waals surface area (Å²) in [4.78, 5) is 12.5. The Hall–Kier alpha value is -2.31. The molecule has 0 fully saturated rings. The molecule has 2 rings (SSSR count). The third-order valence-electron chi connectivity index (χ3n) is 3.45. The molecule has 0 aromatic heterocycles. The monoisotopic (exact) mass is 552 g/mol. The second-order valence-electron chi connectivity index (χ2n) is 5.50. The van der Waals surface area contributed by atoms with Crippen LogP contribution in [0.25, 0.3) is 6.08 Å². The standard InChI is InChI=1S/C21H18BrIN2O3/c1-3-8-28-20-18(22)10-14(11-19(20)23)9-15(13-24)21(26)25-16-6-5-7-17(12-16)27-4-2/h3,5-7,9-12H,1,4,8H2,2H3,(H,25,26)/b15-9-. The van der Waals surface area contributed by atoms with Crippen molar-refractivity contribution in [1.29, 1.82) is 5.26 Å². The van der Waals surface area contributed by atoms with E-state index in [1.54, 1.807) is 36.4 Å². The molecule has 7 heteroatoms. The van der Waals surface area contributed by atoms with Crippen LogP contribution < -0.4 is 14.8 Å². The van der Waals surface area contributed by atoms with Gasteiger partial charge in [0.15, 0.2) is 0 Å². The smallest absolute Gasteiger partial charge is 0.266 e. The maximum Gasteiger partial charge on any atom is 0.266 e. The lowest BCUT2D eigenvalue weighted by molar-refractivity contribution is -0.112. The molecular weight excluding hydrogens is 535 g/mol. The molecule has 0 saturated heterocycles. The first-order valence-corrected chi connectivity index (χ1v) is 10.2. The van der Waals surface area contributed by atoms with Gasteiger partial charge in [0.05, 0.1) is 14.6 Å². The third kappa shape index (κ3) is 6.11. The fourth-order valence-corrected chi connectivity index (χ4v) is 4.06. The Bertz CT molecular complexity index is 928. The van der Waals surface area contributed by atoms with Crippen LogP contribution >= 0.6 is 38.5 Å². The van der Waals surface area contributed by atoms with Crippen molar-refractivity contribution in [3.05, 3.63) is 68.2 Å². The Morgan fingerprint density at radius 2 is 2.14 bits per heavy atom. The van der Waals surface area contributed by atoms with Gasteiger partial charge in [-0.3, -0.25) is 4.79 Å². The zero-order valence-electron chi connectivity index (χ0n) is 15.2. The van der Waals surface area contributed by atoms with Crippen LogP contribution in [0.4, 0.5) is 5.69 Å². The summed E-state index contributed by atoms with van der Waals surface area (Å²) in [7, 11) is 0. The van der Waals surface area contributed by atoms with Crippen LogP contribution in [-0.2, 0) is 4.79 Å². The van der Waals surface area contributed by atoms with Crippen LogP contribution in [0.3, 0.4) is 0 Å². The molecule has 0 aliphatic rings. The maximum atomic E-state index is 12.5. The van der Waals surface area contributed by atoms with Gasteiger partial charge in [-0.05, 0) is 81.3 Å². The molecular formula is C21H18BrIN2O3. The van der Waals surface area contributed by atoms with Crippen LogP contribution in [0.5, 0.6) is 11.5 Å². The van der Waals surface area contributed by atoms with E-state index in [1.807, 2.05) is 19.1 Å². The highest BCUT2D eigenvalue weighted by Crippen LogP contribution is 2.32. The summed E-state index contributed by atoms with van der Waals surface area (Å²) >= 11 is 5.60. The molecule has 0 spiro atoms. The van der Waals surface area contributed by atoms with E-state index in [-0.39, 0.29) is 5.57 Å². The molecule has 0 saturated carbocycles. The zero-order chi connectivity index (χ0) is 20.5. The molecule has 1 amide bonds. The van der Waals surface area contributed by atoms with Gasteiger partial charge < -0.3 is 14.8 Å². The van der Waals surface area contributed by atoms with Crippen molar-refractivity contribution in [2.75, 3.05) is 18.5 Å². The summed E-state index contributed by atoms with van der Waals surface area (Å²) in [5, 5.41) is 12.2. The normalized spacial score (nSPS) is 10.7. The lowest BCUT2D eigenvalue weighted by atomic mass is 10.1. The first kappa shape index (κ1) is 22.0. The number of carbonyl (C=O) groups excluding carboxylic acids is 1. The number of ether oxygens (including phenoxy) is 2. The number of amides is 1. The van der Waals surface area contributed by atoms with Crippen molar-refractivity contribution < 1.29 is 14.3 Å². The molecule has 1 N–H and O–H groups in total. The predicted octanol–water partition coefficient (Wildman–Crippen LogP) is 5.56. The number of nitrogens with one attached hydrogen (secondary N) is 1. The molecule has 0 aliphatic carbocycles. The summed E-state index contributed by atoms with van der Waals surface area (Å²) < 4.78 is 12.6. The van der Waals surface area contributed by atoms with Crippen LogP contribution in [0.1, 0.15) is 12.5 Å². The second kappa shape index (κ2) is 10.9. The summed E-state index contributed by atoms with van der Waals surface area (Å²) in [5.41, 5.74) is 1.25. The zero-order valence-corrected chi connectivity index (χ0v) is 18.9. The summed E-state index contributed by atoms with van der Waals surface area (Å²) in [6.07, 6.45) is 3.20. The van der Waals surface area contributed by atoms with Crippen molar-refractivity contribution in [2.24, 2.45) is 0 Å². The Morgan fingerprint density at radius 1 is 1.36 bits per heavy atom. The molecule has 5 nitrogen and oxygen atoms in total. The van der Waals surface area contributed by atoms with E-state index in [0.29, 0.717) is 36.0 Å². The molecule has 0 heterocycles. The summed E-state index contributed by atoms with van der Waals surface area (Å²) in [6, 6.07) is 12.6. The van der Waals surface area contributed by atoms with Crippen molar-refractivity contribution >= 4 is 56.2 Å². The van der Waals surface area contributed by atoms with Gasteiger partial charge in [-0.25, -0.2) is 0 Å². The van der Waals surface area contributed by atoms with Gasteiger partial charge in [0.1, 0.15) is 29.7 Å². The van der Waals surface area contributed by atoms with Crippen LogP contribution in [0.15, 0.2) is 59.1 Å². The summed E-state index contributed by atoms with van der Waals surface area (Å²) in [6.45, 7) is 6.43. The Kier molecular flexibility index (Phi) is 8.54. The highest BCUT2D eigenvalue weighted by molar-refractivity contribution is 14.1. The fourth-order valence-electron chi connectivity index (χ4n) is 2.29. The summed E-state index contributed by atoms with van der Waals surface area (Å²) in [5.74, 6) is 0.846. The minimum Gasteiger partial charge on any atom is -0.494 e. The number of benzene rings is 2. The number of hydrogen-bond acceptors (Lipinski definition) is 4. The first-order valence-electron chi connectivity index (χ1n) is 8.37. The molecule has 2 aromatic rings. The second-order valence-corrected chi connectivity index (χ2v) is 7.51. The van der Waals surface area contributed by atoms with E-state index in [2.05, 4.69) is 50.4 Å². The number of nitrogens with zero attached hydrogens (tertiary/aromatic N) is 1. The first-order chi connectivity index (χ1) is 13.5. The number of carbonyl (C=O) groups is 1. The number of anilines is 1. The van der Waals surface area contributed by atoms with E-state index in [9.17, 15) is 10.1 Å². The molecule has 2 aromatic carbocycles. The van der Waals surface area contributed by atoms with E-state index >= 15 is 0 Å². The average Bonchev–Trinajstić information content (AvgIpc) is 2.66. The Morgan fingerprint density at radius 3 is 2.79 bits per heavy atom. The average molecular weight is 553 g/mol. The number of rotatable bonds is 8. The topological polar surface area (TPSA) is 71.3 Å². The Balaban J connectivity index is 2.23. The van der Waals surface area contributed by atoms with Crippen LogP contribution in [0, 0.1) is 14.9 Å². The largest absolute Gasteiger partial charge is 0.494 e. The SMILES string of the molecule is C=CCOc1c(Br)cc(/C=C(/C#N)C(=O)Nc2cccc(OCC)c2)cc1I. The molecule has 28 heavy (non-hydrogen) atoms. The fraction of sp³-hybridized carbons (Fsp3) is 0.143. The minimum absolute atomic E-state index is 0.00993. The lowest BCUT2D eigenvalue weighted by Crippen LogP contribution is -2.13. The molecule has 0 bridgehead atoms. The van der Waals surface area contributed by atoms with Gasteiger partial charge in [-0.15, -0.1) is 0 Å². The van der Waals surface area contributed by atoms with Crippen molar-refractivity contribution in [2.45, 2.75) is 6.92 Å². The van der Waals surface area contributed by atoms with E-state index < -0.39 is 5.91 Å². The van der Waals surface area contributed by atoms with Gasteiger partial charge in [0.25, 0.3) is 5.91 Å². The third-order valence-corrected chi connectivity index (χ3v) is 4.84. The molecule has 144 valence electrons. The highest BCUT2D eigenvalue weighted by atomic mass is 127. The number of hydrogen-bond donors (Lipinski definition) is 1. The lowest BCUT2D eigenvalue weighted by Gasteiger charge is -2.10. The van der Waals surface area contributed by atoms with Crippen molar-refractivity contribution in [1.82, 2.24) is 0 Å². The maximum absolute atomic E-state index is 12.5. The minimum atomic E-state index is -0.491. The highest BCUT2D eigenvalue weighted by Gasteiger charge is 2.13. The number of halogens is 2. The predicted molar refractivity (Wildman–Crippen MR) is 122 cm³/mol. The van der Waals surface area contributed by atoms with Gasteiger partial charge >= 0.3 is 0 Å². The van der Waals surface area contributed by atoms with Gasteiger partial charge in [0, 0.05) is 11.8 Å². The quantitative estimate of drug-likeness (QED) is 0.201. The van der Waals surface area contributed by atoms with Crippen LogP contribution in [0.2, 0.25) is 0 Å². The molecule has 0 unspecified atom stereocenters. The van der Waals surface area contributed by atoms with E-state index in [4.69, 9.17) is 9.47 Å². The van der Waals surface area contributed by atoms with Crippen molar-refractivity contribution in [3.8, 4) is 17.6 Å². The van der Waals surface area contributed by atoms with E-state index in [1.165, 1.54) is 6.08 Å².